The number of fused-ring (bicyclic) bond motifs is 3. The molecule has 0 atom stereocenters. The molecule has 0 aliphatic heterocycles. The highest BCUT2D eigenvalue weighted by atomic mass is 14.5. The summed E-state index contributed by atoms with van der Waals surface area (Å²) in [5.74, 6) is 1.04. The highest BCUT2D eigenvalue weighted by molar-refractivity contribution is 5.64. The van der Waals surface area contributed by atoms with E-state index in [1.165, 1.54) is 55.2 Å². The number of rotatable bonds is 2. The molecule has 21 heavy (non-hydrogen) atoms. The summed E-state index contributed by atoms with van der Waals surface area (Å²) in [5, 5.41) is 0. The predicted octanol–water partition coefficient (Wildman–Crippen LogP) is 5.88. The van der Waals surface area contributed by atoms with Gasteiger partial charge in [-0.2, -0.15) is 0 Å². The van der Waals surface area contributed by atoms with Crippen molar-refractivity contribution in [1.29, 1.82) is 0 Å². The van der Waals surface area contributed by atoms with Crippen molar-refractivity contribution in [3.63, 3.8) is 0 Å². The maximum Gasteiger partial charge on any atom is -0.00467 e. The molecule has 0 spiro atoms. The molecule has 0 radical (unpaired) electrons. The molecule has 0 amide bonds. The van der Waals surface area contributed by atoms with E-state index in [9.17, 15) is 0 Å². The van der Waals surface area contributed by atoms with Crippen LogP contribution in [-0.4, -0.2) is 0 Å². The third kappa shape index (κ3) is 2.31. The van der Waals surface area contributed by atoms with Gasteiger partial charge in [-0.05, 0) is 73.5 Å². The van der Waals surface area contributed by atoms with Crippen molar-refractivity contribution in [3.05, 3.63) is 59.7 Å². The summed E-state index contributed by atoms with van der Waals surface area (Å²) in [6.07, 6.45) is 8.63. The predicted molar refractivity (Wildman–Crippen MR) is 89.5 cm³/mol. The monoisotopic (exact) mass is 276 g/mol. The smallest absolute Gasteiger partial charge is 0.00467 e. The quantitative estimate of drug-likeness (QED) is 0.642. The van der Waals surface area contributed by atoms with Crippen LogP contribution in [-0.2, 0) is 5.41 Å². The third-order valence-electron chi connectivity index (χ3n) is 5.98. The Morgan fingerprint density at radius 2 is 1.19 bits per heavy atom. The van der Waals surface area contributed by atoms with Crippen LogP contribution in [0.5, 0.6) is 0 Å². The molecule has 0 unspecified atom stereocenters. The van der Waals surface area contributed by atoms with Crippen LogP contribution in [0, 0.1) is 12.8 Å². The van der Waals surface area contributed by atoms with Gasteiger partial charge in [0.05, 0.1) is 0 Å². The van der Waals surface area contributed by atoms with Gasteiger partial charge in [0.15, 0.2) is 0 Å². The van der Waals surface area contributed by atoms with E-state index in [0.29, 0.717) is 5.41 Å². The van der Waals surface area contributed by atoms with E-state index >= 15 is 0 Å². The van der Waals surface area contributed by atoms with E-state index < -0.39 is 0 Å². The first kappa shape index (κ1) is 13.1. The van der Waals surface area contributed by atoms with Crippen molar-refractivity contribution in [3.8, 4) is 11.1 Å². The van der Waals surface area contributed by atoms with E-state index in [0.717, 1.165) is 5.92 Å². The van der Waals surface area contributed by atoms with E-state index in [1.54, 1.807) is 5.56 Å². The first-order valence-corrected chi connectivity index (χ1v) is 8.43. The maximum absolute atomic E-state index is 2.40. The van der Waals surface area contributed by atoms with Gasteiger partial charge in [-0.3, -0.25) is 0 Å². The fourth-order valence-corrected chi connectivity index (χ4v) is 4.44. The zero-order valence-electron chi connectivity index (χ0n) is 12.9. The van der Waals surface area contributed by atoms with Gasteiger partial charge in [-0.15, -0.1) is 0 Å². The summed E-state index contributed by atoms with van der Waals surface area (Å²) < 4.78 is 0. The van der Waals surface area contributed by atoms with Gasteiger partial charge in [0.1, 0.15) is 0 Å². The second-order valence-electron chi connectivity index (χ2n) is 7.21. The van der Waals surface area contributed by atoms with Gasteiger partial charge in [0, 0.05) is 0 Å². The average Bonchev–Trinajstić information content (AvgIpc) is 2.57. The molecule has 2 aromatic rings. The van der Waals surface area contributed by atoms with Crippen LogP contribution in [0.3, 0.4) is 0 Å². The lowest BCUT2D eigenvalue weighted by molar-refractivity contribution is 0.136. The number of benzene rings is 2. The molecule has 0 aromatic heterocycles. The molecule has 2 aromatic carbocycles. The molecule has 3 aliphatic rings. The lowest BCUT2D eigenvalue weighted by Crippen LogP contribution is -2.37. The molecule has 3 fully saturated rings. The molecule has 0 nitrogen and oxygen atoms in total. The van der Waals surface area contributed by atoms with Gasteiger partial charge < -0.3 is 0 Å². The fraction of sp³-hybridized carbons (Fsp3) is 0.429. The van der Waals surface area contributed by atoms with Crippen molar-refractivity contribution in [1.82, 2.24) is 0 Å². The average molecular weight is 276 g/mol. The molecule has 0 N–H and O–H groups in total. The van der Waals surface area contributed by atoms with Gasteiger partial charge in [0.2, 0.25) is 0 Å². The van der Waals surface area contributed by atoms with Crippen LogP contribution in [0.25, 0.3) is 11.1 Å². The first-order valence-electron chi connectivity index (χ1n) is 8.43. The molecule has 5 rings (SSSR count). The second-order valence-corrected chi connectivity index (χ2v) is 7.21. The van der Waals surface area contributed by atoms with Gasteiger partial charge in [-0.25, -0.2) is 0 Å². The molecule has 0 heteroatoms. The maximum atomic E-state index is 2.40. The lowest BCUT2D eigenvalue weighted by Gasteiger charge is -2.47. The number of aryl methyl sites for hydroxylation is 1. The van der Waals surface area contributed by atoms with E-state index in [4.69, 9.17) is 0 Å². The molecule has 108 valence electrons. The van der Waals surface area contributed by atoms with Crippen molar-refractivity contribution in [2.24, 2.45) is 5.92 Å². The SMILES string of the molecule is Cc1ccc(-c2ccc(C34CCC(CC3)CC4)cc2)cc1. The van der Waals surface area contributed by atoms with Gasteiger partial charge >= 0.3 is 0 Å². The topological polar surface area (TPSA) is 0 Å². The Bertz CT molecular complexity index is 596. The van der Waals surface area contributed by atoms with Crippen LogP contribution in [0.1, 0.15) is 49.7 Å². The lowest BCUT2D eigenvalue weighted by atomic mass is 9.58. The molecule has 3 aliphatic carbocycles. The third-order valence-corrected chi connectivity index (χ3v) is 5.98. The molecular weight excluding hydrogens is 252 g/mol. The Morgan fingerprint density at radius 1 is 0.714 bits per heavy atom. The van der Waals surface area contributed by atoms with Crippen molar-refractivity contribution in [2.75, 3.05) is 0 Å². The zero-order chi connectivity index (χ0) is 14.3. The number of hydrogen-bond acceptors (Lipinski definition) is 0. The molecule has 3 saturated carbocycles. The summed E-state index contributed by atoms with van der Waals surface area (Å²) in [6.45, 7) is 2.14. The van der Waals surface area contributed by atoms with Crippen molar-refractivity contribution in [2.45, 2.75) is 50.9 Å². The minimum atomic E-state index is 0.514. The van der Waals surface area contributed by atoms with Crippen LogP contribution >= 0.6 is 0 Å². The molecule has 2 bridgehead atoms. The van der Waals surface area contributed by atoms with Crippen LogP contribution in [0.2, 0.25) is 0 Å². The minimum Gasteiger partial charge on any atom is -0.0587 e. The summed E-state index contributed by atoms with van der Waals surface area (Å²) in [7, 11) is 0. The van der Waals surface area contributed by atoms with E-state index in [1.807, 2.05) is 0 Å². The molecule has 0 saturated heterocycles. The fourth-order valence-electron chi connectivity index (χ4n) is 4.44. The number of hydrogen-bond donors (Lipinski definition) is 0. The molecule has 0 heterocycles. The highest BCUT2D eigenvalue weighted by Crippen LogP contribution is 2.51. The van der Waals surface area contributed by atoms with E-state index in [-0.39, 0.29) is 0 Å². The Balaban J connectivity index is 1.63. The Morgan fingerprint density at radius 3 is 1.71 bits per heavy atom. The normalized spacial score (nSPS) is 27.8. The van der Waals surface area contributed by atoms with Gasteiger partial charge in [0.25, 0.3) is 0 Å². The highest BCUT2D eigenvalue weighted by Gasteiger charge is 2.41. The summed E-state index contributed by atoms with van der Waals surface area (Å²) in [5.41, 5.74) is 6.11. The summed E-state index contributed by atoms with van der Waals surface area (Å²) in [6, 6.07) is 18.3. The Labute approximate surface area is 128 Å². The summed E-state index contributed by atoms with van der Waals surface area (Å²) in [4.78, 5) is 0. The standard InChI is InChI=1S/C21H24/c1-16-2-4-18(5-3-16)19-6-8-20(9-7-19)21-13-10-17(11-14-21)12-15-21/h2-9,17H,10-15H2,1H3. The van der Waals surface area contributed by atoms with Crippen molar-refractivity contribution >= 4 is 0 Å². The van der Waals surface area contributed by atoms with Crippen molar-refractivity contribution < 1.29 is 0 Å². The largest absolute Gasteiger partial charge is 0.0587 e. The first-order chi connectivity index (χ1) is 10.3. The van der Waals surface area contributed by atoms with E-state index in [2.05, 4.69) is 55.5 Å². The minimum absolute atomic E-state index is 0.514. The van der Waals surface area contributed by atoms with Gasteiger partial charge in [-0.1, -0.05) is 54.1 Å². The second kappa shape index (κ2) is 5.02. The van der Waals surface area contributed by atoms with Crippen LogP contribution in [0.4, 0.5) is 0 Å². The molecular formula is C21H24. The summed E-state index contributed by atoms with van der Waals surface area (Å²) >= 11 is 0. The van der Waals surface area contributed by atoms with Crippen LogP contribution < -0.4 is 0 Å². The van der Waals surface area contributed by atoms with Crippen LogP contribution in [0.15, 0.2) is 48.5 Å². The Kier molecular flexibility index (Phi) is 3.14. The zero-order valence-corrected chi connectivity index (χ0v) is 12.9. The Hall–Kier alpha value is -1.56.